The highest BCUT2D eigenvalue weighted by Gasteiger charge is 2.06. The van der Waals surface area contributed by atoms with Crippen molar-refractivity contribution < 1.29 is 4.92 Å². The molecule has 0 aromatic heterocycles. The van der Waals surface area contributed by atoms with Gasteiger partial charge in [-0.2, -0.15) is 5.26 Å². The van der Waals surface area contributed by atoms with Gasteiger partial charge >= 0.3 is 0 Å². The van der Waals surface area contributed by atoms with Crippen LogP contribution in [0.15, 0.2) is 53.0 Å². The fourth-order valence-electron chi connectivity index (χ4n) is 1.70. The minimum Gasteiger partial charge on any atom is -0.258 e. The topological polar surface area (TPSA) is 66.9 Å². The van der Waals surface area contributed by atoms with Crippen molar-refractivity contribution in [1.29, 1.82) is 5.26 Å². The Kier molecular flexibility index (Phi) is 4.28. The predicted molar refractivity (Wildman–Crippen MR) is 80.7 cm³/mol. The molecule has 0 N–H and O–H groups in total. The molecule has 5 heteroatoms. The summed E-state index contributed by atoms with van der Waals surface area (Å²) in [5.41, 5.74) is 1.85. The van der Waals surface area contributed by atoms with Crippen LogP contribution < -0.4 is 0 Å². The molecule has 2 rings (SSSR count). The van der Waals surface area contributed by atoms with E-state index >= 15 is 0 Å². The molecule has 0 atom stereocenters. The summed E-state index contributed by atoms with van der Waals surface area (Å²) in [6.45, 7) is 0. The number of rotatable bonds is 3. The van der Waals surface area contributed by atoms with E-state index < -0.39 is 4.92 Å². The third-order valence-corrected chi connectivity index (χ3v) is 3.20. The normalized spacial score (nSPS) is 10.9. The Balaban J connectivity index is 2.41. The van der Waals surface area contributed by atoms with Gasteiger partial charge in [0, 0.05) is 16.6 Å². The molecule has 98 valence electrons. The second-order valence-electron chi connectivity index (χ2n) is 4.03. The number of benzene rings is 2. The number of allylic oxidation sites excluding steroid dienone is 1. The average molecular weight is 329 g/mol. The van der Waals surface area contributed by atoms with E-state index in [2.05, 4.69) is 22.0 Å². The van der Waals surface area contributed by atoms with Gasteiger partial charge in [0.2, 0.25) is 0 Å². The maximum Gasteiger partial charge on any atom is 0.270 e. The Labute approximate surface area is 124 Å². The monoisotopic (exact) mass is 328 g/mol. The molecule has 0 spiro atoms. The molecule has 0 radical (unpaired) electrons. The van der Waals surface area contributed by atoms with E-state index in [1.807, 2.05) is 24.3 Å². The first kappa shape index (κ1) is 14.0. The standard InChI is InChI=1S/C15H9BrN2O2/c16-14-6-4-12(5-7-14)13(10-17)8-11-2-1-3-15(9-11)18(19)20/h1-9H. The zero-order valence-electron chi connectivity index (χ0n) is 10.3. The fraction of sp³-hybridized carbons (Fsp3) is 0. The predicted octanol–water partition coefficient (Wildman–Crippen LogP) is 4.42. The first-order valence-corrected chi connectivity index (χ1v) is 6.51. The second kappa shape index (κ2) is 6.13. The number of nitro benzene ring substituents is 1. The highest BCUT2D eigenvalue weighted by atomic mass is 79.9. The summed E-state index contributed by atoms with van der Waals surface area (Å²) < 4.78 is 0.925. The smallest absolute Gasteiger partial charge is 0.258 e. The Hall–Kier alpha value is -2.45. The number of nitrogens with zero attached hydrogens (tertiary/aromatic N) is 2. The summed E-state index contributed by atoms with van der Waals surface area (Å²) in [6.07, 6.45) is 1.64. The summed E-state index contributed by atoms with van der Waals surface area (Å²) in [5.74, 6) is 0. The van der Waals surface area contributed by atoms with Crippen molar-refractivity contribution >= 4 is 33.3 Å². The second-order valence-corrected chi connectivity index (χ2v) is 4.94. The van der Waals surface area contributed by atoms with Crippen LogP contribution in [0.2, 0.25) is 0 Å². The molecular formula is C15H9BrN2O2. The van der Waals surface area contributed by atoms with E-state index in [9.17, 15) is 15.4 Å². The van der Waals surface area contributed by atoms with E-state index in [-0.39, 0.29) is 5.69 Å². The first-order chi connectivity index (χ1) is 9.60. The minimum absolute atomic E-state index is 0.00634. The lowest BCUT2D eigenvalue weighted by Gasteiger charge is -2.00. The van der Waals surface area contributed by atoms with Crippen LogP contribution >= 0.6 is 15.9 Å². The molecule has 0 bridgehead atoms. The highest BCUT2D eigenvalue weighted by molar-refractivity contribution is 9.10. The quantitative estimate of drug-likeness (QED) is 0.362. The molecule has 2 aromatic carbocycles. The molecule has 0 heterocycles. The molecule has 2 aromatic rings. The molecule has 0 aliphatic carbocycles. The fourth-order valence-corrected chi connectivity index (χ4v) is 1.97. The van der Waals surface area contributed by atoms with Gasteiger partial charge in [0.05, 0.1) is 16.6 Å². The SMILES string of the molecule is N#CC(=Cc1cccc([N+](=O)[O-])c1)c1ccc(Br)cc1. The van der Waals surface area contributed by atoms with Crippen LogP contribution in [0, 0.1) is 21.4 Å². The Bertz CT molecular complexity index is 715. The van der Waals surface area contributed by atoms with Crippen molar-refractivity contribution in [2.75, 3.05) is 0 Å². The average Bonchev–Trinajstić information content (AvgIpc) is 2.46. The van der Waals surface area contributed by atoms with Gasteiger partial charge in [-0.25, -0.2) is 0 Å². The van der Waals surface area contributed by atoms with Gasteiger partial charge in [-0.1, -0.05) is 40.2 Å². The molecule has 0 saturated heterocycles. The van der Waals surface area contributed by atoms with Crippen LogP contribution in [0.25, 0.3) is 11.6 Å². The van der Waals surface area contributed by atoms with Crippen LogP contribution in [0.4, 0.5) is 5.69 Å². The van der Waals surface area contributed by atoms with Crippen LogP contribution in [0.5, 0.6) is 0 Å². The van der Waals surface area contributed by atoms with Crippen LogP contribution in [0.1, 0.15) is 11.1 Å². The van der Waals surface area contributed by atoms with Crippen LogP contribution in [-0.2, 0) is 0 Å². The third kappa shape index (κ3) is 3.31. The molecule has 0 amide bonds. The number of halogens is 1. The lowest BCUT2D eigenvalue weighted by Crippen LogP contribution is -1.88. The number of hydrogen-bond acceptors (Lipinski definition) is 3. The van der Waals surface area contributed by atoms with Crippen molar-refractivity contribution in [2.45, 2.75) is 0 Å². The molecule has 0 saturated carbocycles. The van der Waals surface area contributed by atoms with Crippen molar-refractivity contribution in [3.05, 3.63) is 74.2 Å². The lowest BCUT2D eigenvalue weighted by atomic mass is 10.0. The van der Waals surface area contributed by atoms with Gasteiger partial charge in [-0.15, -0.1) is 0 Å². The molecule has 20 heavy (non-hydrogen) atoms. The van der Waals surface area contributed by atoms with Gasteiger partial charge in [0.1, 0.15) is 0 Å². The summed E-state index contributed by atoms with van der Waals surface area (Å²) >= 11 is 3.33. The summed E-state index contributed by atoms with van der Waals surface area (Å²) in [5, 5.41) is 20.0. The van der Waals surface area contributed by atoms with E-state index in [0.29, 0.717) is 11.1 Å². The van der Waals surface area contributed by atoms with Crippen LogP contribution in [0.3, 0.4) is 0 Å². The Morgan fingerprint density at radius 3 is 2.55 bits per heavy atom. The Morgan fingerprint density at radius 2 is 1.95 bits per heavy atom. The van der Waals surface area contributed by atoms with Crippen molar-refractivity contribution in [1.82, 2.24) is 0 Å². The zero-order chi connectivity index (χ0) is 14.5. The minimum atomic E-state index is -0.455. The summed E-state index contributed by atoms with van der Waals surface area (Å²) in [4.78, 5) is 10.3. The summed E-state index contributed by atoms with van der Waals surface area (Å²) in [6, 6.07) is 15.6. The third-order valence-electron chi connectivity index (χ3n) is 2.67. The van der Waals surface area contributed by atoms with Gasteiger partial charge in [-0.3, -0.25) is 10.1 Å². The molecule has 4 nitrogen and oxygen atoms in total. The molecule has 0 fully saturated rings. The van der Waals surface area contributed by atoms with E-state index in [0.717, 1.165) is 10.0 Å². The summed E-state index contributed by atoms with van der Waals surface area (Å²) in [7, 11) is 0. The molecule has 0 aliphatic heterocycles. The zero-order valence-corrected chi connectivity index (χ0v) is 11.9. The first-order valence-electron chi connectivity index (χ1n) is 5.72. The number of hydrogen-bond donors (Lipinski definition) is 0. The van der Waals surface area contributed by atoms with E-state index in [4.69, 9.17) is 0 Å². The van der Waals surface area contributed by atoms with E-state index in [1.54, 1.807) is 18.2 Å². The van der Waals surface area contributed by atoms with Crippen molar-refractivity contribution in [2.24, 2.45) is 0 Å². The largest absolute Gasteiger partial charge is 0.270 e. The van der Waals surface area contributed by atoms with Crippen molar-refractivity contribution in [3.8, 4) is 6.07 Å². The van der Waals surface area contributed by atoms with E-state index in [1.165, 1.54) is 12.1 Å². The number of nitriles is 1. The lowest BCUT2D eigenvalue weighted by molar-refractivity contribution is -0.384. The van der Waals surface area contributed by atoms with Crippen LogP contribution in [-0.4, -0.2) is 4.92 Å². The van der Waals surface area contributed by atoms with Gasteiger partial charge in [0.15, 0.2) is 0 Å². The van der Waals surface area contributed by atoms with Crippen molar-refractivity contribution in [3.63, 3.8) is 0 Å². The Morgan fingerprint density at radius 1 is 1.25 bits per heavy atom. The maximum absolute atomic E-state index is 10.7. The number of nitro groups is 1. The maximum atomic E-state index is 10.7. The molecule has 0 unspecified atom stereocenters. The molecule has 0 aliphatic rings. The highest BCUT2D eigenvalue weighted by Crippen LogP contribution is 2.22. The van der Waals surface area contributed by atoms with Gasteiger partial charge in [-0.05, 0) is 29.3 Å². The number of non-ortho nitro benzene ring substituents is 1. The van der Waals surface area contributed by atoms with Gasteiger partial charge in [0.25, 0.3) is 5.69 Å². The van der Waals surface area contributed by atoms with Gasteiger partial charge < -0.3 is 0 Å². The molecular weight excluding hydrogens is 320 g/mol.